The zero-order chi connectivity index (χ0) is 14.3. The second-order valence-electron chi connectivity index (χ2n) is 4.44. The second kappa shape index (κ2) is 8.08. The van der Waals surface area contributed by atoms with E-state index in [1.165, 1.54) is 0 Å². The van der Waals surface area contributed by atoms with Crippen LogP contribution in [0.3, 0.4) is 0 Å². The van der Waals surface area contributed by atoms with Crippen molar-refractivity contribution >= 4 is 11.6 Å². The lowest BCUT2D eigenvalue weighted by Gasteiger charge is -2.14. The van der Waals surface area contributed by atoms with Gasteiger partial charge < -0.3 is 14.8 Å². The molecule has 0 atom stereocenters. The van der Waals surface area contributed by atoms with Gasteiger partial charge in [-0.05, 0) is 31.2 Å². The minimum atomic E-state index is 0.554. The predicted molar refractivity (Wildman–Crippen MR) is 80.3 cm³/mol. The number of halogens is 1. The summed E-state index contributed by atoms with van der Waals surface area (Å²) in [5, 5.41) is 3.83. The molecule has 0 saturated heterocycles. The first-order valence-corrected chi connectivity index (χ1v) is 6.80. The van der Waals surface area contributed by atoms with E-state index in [2.05, 4.69) is 18.8 Å². The van der Waals surface area contributed by atoms with Gasteiger partial charge in [-0.25, -0.2) is 0 Å². The Morgan fingerprint density at radius 3 is 2.74 bits per heavy atom. The molecule has 0 bridgehead atoms. The van der Waals surface area contributed by atoms with Crippen molar-refractivity contribution in [3.05, 3.63) is 34.9 Å². The molecule has 0 amide bonds. The molecule has 0 saturated carbocycles. The van der Waals surface area contributed by atoms with E-state index >= 15 is 0 Å². The van der Waals surface area contributed by atoms with Gasteiger partial charge in [-0.2, -0.15) is 0 Å². The van der Waals surface area contributed by atoms with E-state index in [0.29, 0.717) is 23.1 Å². The van der Waals surface area contributed by atoms with Gasteiger partial charge in [0.25, 0.3) is 0 Å². The van der Waals surface area contributed by atoms with Gasteiger partial charge in [-0.3, -0.25) is 0 Å². The highest BCUT2D eigenvalue weighted by Gasteiger charge is 2.11. The van der Waals surface area contributed by atoms with Crippen LogP contribution < -0.4 is 14.8 Å². The van der Waals surface area contributed by atoms with Gasteiger partial charge >= 0.3 is 0 Å². The second-order valence-corrected chi connectivity index (χ2v) is 4.85. The lowest BCUT2D eigenvalue weighted by Crippen LogP contribution is -2.12. The molecule has 0 aliphatic carbocycles. The van der Waals surface area contributed by atoms with Crippen LogP contribution in [0.4, 0.5) is 0 Å². The summed E-state index contributed by atoms with van der Waals surface area (Å²) in [6.07, 6.45) is 0.804. The Hall–Kier alpha value is -1.19. The zero-order valence-electron chi connectivity index (χ0n) is 11.9. The van der Waals surface area contributed by atoms with Gasteiger partial charge in [-0.1, -0.05) is 24.1 Å². The molecule has 0 aliphatic heterocycles. The number of hydrogen-bond donors (Lipinski definition) is 1. The molecule has 1 rings (SSSR count). The largest absolute Gasteiger partial charge is 0.493 e. The highest BCUT2D eigenvalue weighted by molar-refractivity contribution is 6.32. The molecule has 0 heterocycles. The van der Waals surface area contributed by atoms with E-state index in [4.69, 9.17) is 21.1 Å². The monoisotopic (exact) mass is 283 g/mol. The van der Waals surface area contributed by atoms with Crippen LogP contribution in [0.15, 0.2) is 24.3 Å². The maximum absolute atomic E-state index is 6.25. The molecule has 0 unspecified atom stereocenters. The number of nitrogens with one attached hydrogen (secondary N) is 1. The van der Waals surface area contributed by atoms with E-state index in [1.54, 1.807) is 7.11 Å². The maximum Gasteiger partial charge on any atom is 0.179 e. The normalized spacial score (nSPS) is 10.3. The number of ether oxygens (including phenoxy) is 2. The number of hydrogen-bond acceptors (Lipinski definition) is 3. The van der Waals surface area contributed by atoms with Gasteiger partial charge in [0.2, 0.25) is 0 Å². The lowest BCUT2D eigenvalue weighted by molar-refractivity contribution is 0.297. The van der Waals surface area contributed by atoms with Crippen LogP contribution in [0.2, 0.25) is 5.02 Å². The Bertz CT molecular complexity index is 432. The van der Waals surface area contributed by atoms with Crippen LogP contribution in [0, 0.1) is 0 Å². The van der Waals surface area contributed by atoms with Crippen LogP contribution in [0.5, 0.6) is 11.5 Å². The molecule has 1 aromatic carbocycles. The number of methoxy groups -OCH3 is 1. The third-order valence-corrected chi connectivity index (χ3v) is 2.92. The molecular weight excluding hydrogens is 262 g/mol. The van der Waals surface area contributed by atoms with Crippen molar-refractivity contribution in [2.45, 2.75) is 26.8 Å². The van der Waals surface area contributed by atoms with Crippen LogP contribution in [-0.2, 0) is 6.54 Å². The molecular formula is C15H22ClNO2. The third-order valence-electron chi connectivity index (χ3n) is 2.64. The van der Waals surface area contributed by atoms with Crippen molar-refractivity contribution in [3.63, 3.8) is 0 Å². The zero-order valence-corrected chi connectivity index (χ0v) is 12.6. The molecule has 19 heavy (non-hydrogen) atoms. The van der Waals surface area contributed by atoms with E-state index in [-0.39, 0.29) is 0 Å². The van der Waals surface area contributed by atoms with Crippen LogP contribution in [0.25, 0.3) is 0 Å². The smallest absolute Gasteiger partial charge is 0.179 e. The fourth-order valence-electron chi connectivity index (χ4n) is 1.61. The molecule has 4 heteroatoms. The van der Waals surface area contributed by atoms with Crippen LogP contribution in [-0.4, -0.2) is 20.3 Å². The van der Waals surface area contributed by atoms with Gasteiger partial charge in [0.1, 0.15) is 0 Å². The Kier molecular flexibility index (Phi) is 6.74. The van der Waals surface area contributed by atoms with Crippen molar-refractivity contribution in [2.75, 3.05) is 20.3 Å². The Morgan fingerprint density at radius 1 is 1.42 bits per heavy atom. The maximum atomic E-state index is 6.25. The quantitative estimate of drug-likeness (QED) is 0.736. The summed E-state index contributed by atoms with van der Waals surface area (Å²) in [5.74, 6) is 1.27. The van der Waals surface area contributed by atoms with Crippen molar-refractivity contribution in [3.8, 4) is 11.5 Å². The van der Waals surface area contributed by atoms with Gasteiger partial charge in [0.15, 0.2) is 11.5 Å². The third kappa shape index (κ3) is 5.13. The fourth-order valence-corrected chi connectivity index (χ4v) is 1.90. The van der Waals surface area contributed by atoms with E-state index in [9.17, 15) is 0 Å². The summed E-state index contributed by atoms with van der Waals surface area (Å²) < 4.78 is 11.0. The van der Waals surface area contributed by atoms with Crippen LogP contribution in [0.1, 0.15) is 25.8 Å². The van der Waals surface area contributed by atoms with Gasteiger partial charge in [0.05, 0.1) is 18.7 Å². The highest BCUT2D eigenvalue weighted by atomic mass is 35.5. The molecule has 0 aromatic heterocycles. The molecule has 0 fully saturated rings. The standard InChI is InChI=1S/C15H22ClNO2/c1-5-17-10-12-8-13(16)15(14(9-12)18-4)19-7-6-11(2)3/h8-9,17H,2,5-7,10H2,1,3-4H3. The summed E-state index contributed by atoms with van der Waals surface area (Å²) >= 11 is 6.25. The Labute approximate surface area is 120 Å². The minimum absolute atomic E-state index is 0.554. The van der Waals surface area contributed by atoms with Crippen molar-refractivity contribution in [1.29, 1.82) is 0 Å². The molecule has 1 aromatic rings. The highest BCUT2D eigenvalue weighted by Crippen LogP contribution is 2.36. The van der Waals surface area contributed by atoms with E-state index < -0.39 is 0 Å². The number of rotatable bonds is 8. The minimum Gasteiger partial charge on any atom is -0.493 e. The predicted octanol–water partition coefficient (Wildman–Crippen LogP) is 3.80. The van der Waals surface area contributed by atoms with Crippen molar-refractivity contribution in [1.82, 2.24) is 5.32 Å². The van der Waals surface area contributed by atoms with Gasteiger partial charge in [0, 0.05) is 13.0 Å². The molecule has 1 N–H and O–H groups in total. The average Bonchev–Trinajstić information content (AvgIpc) is 2.37. The SMILES string of the molecule is C=C(C)CCOc1c(Cl)cc(CNCC)cc1OC. The first-order chi connectivity index (χ1) is 9.08. The van der Waals surface area contributed by atoms with E-state index in [1.807, 2.05) is 19.1 Å². The Morgan fingerprint density at radius 2 is 2.16 bits per heavy atom. The number of benzene rings is 1. The molecule has 0 aliphatic rings. The molecule has 106 valence electrons. The summed E-state index contributed by atoms with van der Waals surface area (Å²) in [5.41, 5.74) is 2.16. The molecule has 0 radical (unpaired) electrons. The molecule has 0 spiro atoms. The first kappa shape index (κ1) is 15.9. The summed E-state index contributed by atoms with van der Waals surface area (Å²) in [7, 11) is 1.62. The van der Waals surface area contributed by atoms with Crippen molar-refractivity contribution in [2.24, 2.45) is 0 Å². The fraction of sp³-hybridized carbons (Fsp3) is 0.467. The summed E-state index contributed by atoms with van der Waals surface area (Å²) in [4.78, 5) is 0. The van der Waals surface area contributed by atoms with Gasteiger partial charge in [-0.15, -0.1) is 6.58 Å². The lowest BCUT2D eigenvalue weighted by atomic mass is 10.2. The summed E-state index contributed by atoms with van der Waals surface area (Å²) in [6, 6.07) is 3.85. The van der Waals surface area contributed by atoms with E-state index in [0.717, 1.165) is 30.6 Å². The topological polar surface area (TPSA) is 30.5 Å². The van der Waals surface area contributed by atoms with Crippen molar-refractivity contribution < 1.29 is 9.47 Å². The Balaban J connectivity index is 2.82. The van der Waals surface area contributed by atoms with Crippen LogP contribution >= 0.6 is 11.6 Å². The average molecular weight is 284 g/mol. The first-order valence-electron chi connectivity index (χ1n) is 6.42. The summed E-state index contributed by atoms with van der Waals surface area (Å²) in [6.45, 7) is 10.1. The molecule has 3 nitrogen and oxygen atoms in total.